The summed E-state index contributed by atoms with van der Waals surface area (Å²) in [4.78, 5) is 20.8. The number of phenols is 1. The maximum atomic E-state index is 10.9. The Kier molecular flexibility index (Phi) is 4.00. The Morgan fingerprint density at radius 2 is 2.24 bits per heavy atom. The highest BCUT2D eigenvalue weighted by Crippen LogP contribution is 2.30. The molecule has 0 fully saturated rings. The van der Waals surface area contributed by atoms with E-state index in [1.54, 1.807) is 0 Å². The fourth-order valence-corrected chi connectivity index (χ4v) is 1.27. The second-order valence-corrected chi connectivity index (χ2v) is 3.30. The van der Waals surface area contributed by atoms with E-state index >= 15 is 0 Å². The number of nitro groups is 1. The van der Waals surface area contributed by atoms with Crippen molar-refractivity contribution in [2.24, 2.45) is 0 Å². The largest absolute Gasteiger partial charge is 0.508 e. The minimum absolute atomic E-state index is 0.0791. The van der Waals surface area contributed by atoms with Crippen molar-refractivity contribution < 1.29 is 24.7 Å². The fraction of sp³-hybridized carbons (Fsp3) is 0.300. The summed E-state index contributed by atoms with van der Waals surface area (Å²) >= 11 is 0. The van der Waals surface area contributed by atoms with Crippen molar-refractivity contribution in [1.29, 1.82) is 0 Å². The molecule has 0 radical (unpaired) electrons. The molecule has 7 heteroatoms. The van der Waals surface area contributed by atoms with E-state index in [1.807, 2.05) is 0 Å². The molecular formula is C10H11NO6. The molecule has 0 bridgehead atoms. The third kappa shape index (κ3) is 3.15. The molecular weight excluding hydrogens is 230 g/mol. The summed E-state index contributed by atoms with van der Waals surface area (Å²) in [5.74, 6) is -0.990. The lowest BCUT2D eigenvalue weighted by atomic mass is 10.0. The van der Waals surface area contributed by atoms with Gasteiger partial charge in [0.2, 0.25) is 0 Å². The van der Waals surface area contributed by atoms with Crippen molar-refractivity contribution in [3.8, 4) is 5.75 Å². The van der Waals surface area contributed by atoms with Gasteiger partial charge in [-0.15, -0.1) is 0 Å². The third-order valence-electron chi connectivity index (χ3n) is 2.17. The maximum absolute atomic E-state index is 10.9. The normalized spacial score (nSPS) is 11.9. The van der Waals surface area contributed by atoms with Crippen molar-refractivity contribution >= 4 is 11.7 Å². The number of aliphatic hydroxyl groups excluding tert-OH is 1. The number of aromatic hydroxyl groups is 1. The Morgan fingerprint density at radius 3 is 2.76 bits per heavy atom. The molecule has 0 amide bonds. The van der Waals surface area contributed by atoms with Crippen LogP contribution in [0, 0.1) is 10.1 Å². The molecule has 0 aliphatic carbocycles. The van der Waals surface area contributed by atoms with Crippen LogP contribution in [0.15, 0.2) is 18.2 Å². The number of esters is 1. The van der Waals surface area contributed by atoms with Crippen LogP contribution in [-0.2, 0) is 9.53 Å². The second kappa shape index (κ2) is 5.26. The van der Waals surface area contributed by atoms with Gasteiger partial charge < -0.3 is 14.9 Å². The summed E-state index contributed by atoms with van der Waals surface area (Å²) in [5.41, 5.74) is -0.355. The van der Waals surface area contributed by atoms with Gasteiger partial charge in [-0.25, -0.2) is 0 Å². The maximum Gasteiger partial charge on any atom is 0.308 e. The smallest absolute Gasteiger partial charge is 0.308 e. The highest BCUT2D eigenvalue weighted by atomic mass is 16.6. The van der Waals surface area contributed by atoms with Crippen LogP contribution in [0.25, 0.3) is 0 Å². The monoisotopic (exact) mass is 241 g/mol. The van der Waals surface area contributed by atoms with Crippen molar-refractivity contribution in [2.45, 2.75) is 12.5 Å². The van der Waals surface area contributed by atoms with Gasteiger partial charge in [0.25, 0.3) is 5.69 Å². The number of hydrogen-bond donors (Lipinski definition) is 2. The molecule has 1 aromatic carbocycles. The number of rotatable bonds is 4. The SMILES string of the molecule is COC(=O)C[C@@H](O)c1cc([N+](=O)[O-])ccc1O. The summed E-state index contributed by atoms with van der Waals surface area (Å²) in [6.07, 6.45) is -1.73. The molecule has 2 N–H and O–H groups in total. The molecule has 0 spiro atoms. The Hall–Kier alpha value is -2.15. The Labute approximate surface area is 96.4 Å². The summed E-state index contributed by atoms with van der Waals surface area (Å²) in [7, 11) is 1.16. The number of ether oxygens (including phenoxy) is 1. The number of benzene rings is 1. The fourth-order valence-electron chi connectivity index (χ4n) is 1.27. The van der Waals surface area contributed by atoms with Crippen LogP contribution in [0.3, 0.4) is 0 Å². The number of non-ortho nitro benzene ring substituents is 1. The van der Waals surface area contributed by atoms with Gasteiger partial charge in [0.15, 0.2) is 0 Å². The van der Waals surface area contributed by atoms with Gasteiger partial charge in [-0.2, -0.15) is 0 Å². The van der Waals surface area contributed by atoms with Crippen LogP contribution in [0.5, 0.6) is 5.75 Å². The number of nitrogens with zero attached hydrogens (tertiary/aromatic N) is 1. The number of methoxy groups -OCH3 is 1. The lowest BCUT2D eigenvalue weighted by molar-refractivity contribution is -0.385. The Balaban J connectivity index is 2.99. The van der Waals surface area contributed by atoms with Gasteiger partial charge in [0, 0.05) is 17.7 Å². The van der Waals surface area contributed by atoms with E-state index in [1.165, 1.54) is 0 Å². The lowest BCUT2D eigenvalue weighted by Crippen LogP contribution is -2.08. The zero-order valence-corrected chi connectivity index (χ0v) is 8.99. The molecule has 0 saturated heterocycles. The quantitative estimate of drug-likeness (QED) is 0.460. The first-order chi connectivity index (χ1) is 7.95. The molecule has 0 heterocycles. The van der Waals surface area contributed by atoms with Gasteiger partial charge in [-0.1, -0.05) is 0 Å². The van der Waals surface area contributed by atoms with Crippen LogP contribution < -0.4 is 0 Å². The van der Waals surface area contributed by atoms with E-state index in [0.717, 1.165) is 25.3 Å². The van der Waals surface area contributed by atoms with Crippen LogP contribution in [0.1, 0.15) is 18.1 Å². The molecule has 92 valence electrons. The third-order valence-corrected chi connectivity index (χ3v) is 2.17. The standard InChI is InChI=1S/C10H11NO6/c1-17-10(14)5-9(13)7-4-6(11(15)16)2-3-8(7)12/h2-4,9,12-13H,5H2,1H3/t9-/m1/s1. The molecule has 0 aromatic heterocycles. The van der Waals surface area contributed by atoms with E-state index in [2.05, 4.69) is 4.74 Å². The molecule has 17 heavy (non-hydrogen) atoms. The number of hydrogen-bond acceptors (Lipinski definition) is 6. The lowest BCUT2D eigenvalue weighted by Gasteiger charge is -2.10. The Bertz CT molecular complexity index is 444. The average Bonchev–Trinajstić information content (AvgIpc) is 2.28. The minimum Gasteiger partial charge on any atom is -0.508 e. The summed E-state index contributed by atoms with van der Waals surface area (Å²) < 4.78 is 4.35. The van der Waals surface area contributed by atoms with Crippen LogP contribution >= 0.6 is 0 Å². The number of phenolic OH excluding ortho intramolecular Hbond substituents is 1. The minimum atomic E-state index is -1.35. The van der Waals surface area contributed by atoms with Crippen molar-refractivity contribution in [3.63, 3.8) is 0 Å². The number of aliphatic hydroxyl groups is 1. The van der Waals surface area contributed by atoms with Gasteiger partial charge >= 0.3 is 5.97 Å². The number of carbonyl (C=O) groups is 1. The van der Waals surface area contributed by atoms with Crippen LogP contribution in [-0.4, -0.2) is 28.2 Å². The summed E-state index contributed by atoms with van der Waals surface area (Å²) in [6, 6.07) is 3.21. The van der Waals surface area contributed by atoms with Gasteiger partial charge in [0.1, 0.15) is 5.75 Å². The molecule has 1 rings (SSSR count). The molecule has 7 nitrogen and oxygen atoms in total. The van der Waals surface area contributed by atoms with E-state index in [0.29, 0.717) is 0 Å². The molecule has 1 aromatic rings. The zero-order chi connectivity index (χ0) is 13.0. The van der Waals surface area contributed by atoms with E-state index in [9.17, 15) is 25.1 Å². The molecule has 0 aliphatic rings. The van der Waals surface area contributed by atoms with Crippen molar-refractivity contribution in [3.05, 3.63) is 33.9 Å². The summed E-state index contributed by atoms with van der Waals surface area (Å²) in [6.45, 7) is 0. The molecule has 0 unspecified atom stereocenters. The van der Waals surface area contributed by atoms with E-state index in [4.69, 9.17) is 0 Å². The first kappa shape index (κ1) is 12.9. The predicted molar refractivity (Wildman–Crippen MR) is 56.4 cm³/mol. The van der Waals surface area contributed by atoms with Crippen molar-refractivity contribution in [2.75, 3.05) is 7.11 Å². The number of carbonyl (C=O) groups excluding carboxylic acids is 1. The number of nitro benzene ring substituents is 1. The van der Waals surface area contributed by atoms with E-state index < -0.39 is 17.0 Å². The van der Waals surface area contributed by atoms with E-state index in [-0.39, 0.29) is 23.4 Å². The van der Waals surface area contributed by atoms with Gasteiger partial charge in [0.05, 0.1) is 24.6 Å². The zero-order valence-electron chi connectivity index (χ0n) is 8.99. The van der Waals surface area contributed by atoms with Gasteiger partial charge in [-0.05, 0) is 6.07 Å². The topological polar surface area (TPSA) is 110 Å². The second-order valence-electron chi connectivity index (χ2n) is 3.30. The average molecular weight is 241 g/mol. The van der Waals surface area contributed by atoms with Crippen LogP contribution in [0.2, 0.25) is 0 Å². The highest BCUT2D eigenvalue weighted by Gasteiger charge is 2.19. The molecule has 0 saturated carbocycles. The van der Waals surface area contributed by atoms with Crippen molar-refractivity contribution in [1.82, 2.24) is 0 Å². The Morgan fingerprint density at radius 1 is 1.59 bits per heavy atom. The predicted octanol–water partition coefficient (Wildman–Crippen LogP) is 0.897. The molecule has 1 atom stereocenters. The summed E-state index contributed by atoms with van der Waals surface area (Å²) in [5, 5.41) is 29.6. The molecule has 0 aliphatic heterocycles. The first-order valence-corrected chi connectivity index (χ1v) is 4.68. The van der Waals surface area contributed by atoms with Gasteiger partial charge in [-0.3, -0.25) is 14.9 Å². The van der Waals surface area contributed by atoms with Crippen LogP contribution in [0.4, 0.5) is 5.69 Å². The highest BCUT2D eigenvalue weighted by molar-refractivity contribution is 5.70. The first-order valence-electron chi connectivity index (χ1n) is 4.68.